The molecule has 0 aliphatic heterocycles. The van der Waals surface area contributed by atoms with Crippen LogP contribution in [-0.4, -0.2) is 4.98 Å². The number of nitrogens with one attached hydrogen (secondary N) is 1. The summed E-state index contributed by atoms with van der Waals surface area (Å²) in [7, 11) is 0. The predicted octanol–water partition coefficient (Wildman–Crippen LogP) is 4.20. The predicted molar refractivity (Wildman–Crippen MR) is 76.2 cm³/mol. The molecule has 0 radical (unpaired) electrons. The Morgan fingerprint density at radius 3 is 2.89 bits per heavy atom. The van der Waals surface area contributed by atoms with Crippen molar-refractivity contribution in [2.24, 2.45) is 0 Å². The zero-order valence-corrected chi connectivity index (χ0v) is 12.6. The summed E-state index contributed by atoms with van der Waals surface area (Å²) in [5.74, 6) is -0.235. The Morgan fingerprint density at radius 1 is 1.50 bits per heavy atom. The zero-order chi connectivity index (χ0) is 13.1. The molecule has 1 N–H and O–H groups in total. The van der Waals surface area contributed by atoms with E-state index in [1.54, 1.807) is 23.5 Å². The Kier molecular flexibility index (Phi) is 4.48. The summed E-state index contributed by atoms with van der Waals surface area (Å²) in [4.78, 5) is 4.39. The van der Waals surface area contributed by atoms with Gasteiger partial charge in [0, 0.05) is 23.7 Å². The third kappa shape index (κ3) is 3.37. The van der Waals surface area contributed by atoms with Crippen molar-refractivity contribution in [3.63, 3.8) is 0 Å². The molecule has 0 spiro atoms. The third-order valence-electron chi connectivity index (χ3n) is 2.67. The summed E-state index contributed by atoms with van der Waals surface area (Å²) >= 11 is 4.85. The molecule has 0 bridgehead atoms. The zero-order valence-electron chi connectivity index (χ0n) is 10.2. The average Bonchev–Trinajstić information content (AvgIpc) is 2.75. The molecule has 1 aromatic heterocycles. The van der Waals surface area contributed by atoms with Crippen LogP contribution in [0, 0.1) is 12.7 Å². The number of halogens is 2. The number of rotatable bonds is 4. The normalized spacial score (nSPS) is 12.7. The molecule has 1 heterocycles. The summed E-state index contributed by atoms with van der Waals surface area (Å²) in [5.41, 5.74) is 2.10. The molecule has 1 atom stereocenters. The minimum absolute atomic E-state index is 0.158. The Labute approximate surface area is 118 Å². The molecule has 0 saturated carbocycles. The maximum absolute atomic E-state index is 13.1. The number of aromatic nitrogens is 1. The maximum atomic E-state index is 13.1. The minimum atomic E-state index is -0.235. The molecule has 0 aliphatic rings. The van der Waals surface area contributed by atoms with Gasteiger partial charge in [-0.15, -0.1) is 11.3 Å². The van der Waals surface area contributed by atoms with Crippen LogP contribution in [0.15, 0.2) is 28.1 Å². The highest BCUT2D eigenvalue weighted by atomic mass is 79.9. The maximum Gasteiger partial charge on any atom is 0.137 e. The van der Waals surface area contributed by atoms with Crippen molar-refractivity contribution >= 4 is 27.3 Å². The highest BCUT2D eigenvalue weighted by Crippen LogP contribution is 2.21. The van der Waals surface area contributed by atoms with Crippen LogP contribution in [0.5, 0.6) is 0 Å². The molecular weight excluding hydrogens is 315 g/mol. The topological polar surface area (TPSA) is 24.9 Å². The first-order valence-corrected chi connectivity index (χ1v) is 7.33. The second kappa shape index (κ2) is 5.91. The van der Waals surface area contributed by atoms with Crippen molar-refractivity contribution in [2.45, 2.75) is 26.4 Å². The number of aryl methyl sites for hydroxylation is 1. The van der Waals surface area contributed by atoms with Gasteiger partial charge in [0.1, 0.15) is 10.8 Å². The van der Waals surface area contributed by atoms with Crippen molar-refractivity contribution in [3.8, 4) is 0 Å². The average molecular weight is 329 g/mol. The molecule has 1 aromatic carbocycles. The van der Waals surface area contributed by atoms with E-state index >= 15 is 0 Å². The van der Waals surface area contributed by atoms with Gasteiger partial charge >= 0.3 is 0 Å². The largest absolute Gasteiger partial charge is 0.304 e. The van der Waals surface area contributed by atoms with Crippen LogP contribution >= 0.6 is 27.3 Å². The quantitative estimate of drug-likeness (QED) is 0.909. The highest BCUT2D eigenvalue weighted by Gasteiger charge is 2.08. The highest BCUT2D eigenvalue weighted by molar-refractivity contribution is 9.10. The van der Waals surface area contributed by atoms with E-state index in [0.29, 0.717) is 4.47 Å². The van der Waals surface area contributed by atoms with Crippen molar-refractivity contribution in [2.75, 3.05) is 0 Å². The summed E-state index contributed by atoms with van der Waals surface area (Å²) in [6.07, 6.45) is 0. The third-order valence-corrected chi connectivity index (χ3v) is 4.24. The van der Waals surface area contributed by atoms with Crippen molar-refractivity contribution < 1.29 is 4.39 Å². The Bertz CT molecular complexity index is 542. The molecule has 2 rings (SSSR count). The summed E-state index contributed by atoms with van der Waals surface area (Å²) in [6.45, 7) is 4.77. The molecule has 18 heavy (non-hydrogen) atoms. The second-order valence-electron chi connectivity index (χ2n) is 4.16. The van der Waals surface area contributed by atoms with E-state index in [1.807, 2.05) is 12.3 Å². The fourth-order valence-electron chi connectivity index (χ4n) is 1.62. The monoisotopic (exact) mass is 328 g/mol. The molecular formula is C13H14BrFN2S. The number of hydrogen-bond acceptors (Lipinski definition) is 3. The molecule has 5 heteroatoms. The van der Waals surface area contributed by atoms with Crippen LogP contribution in [0.4, 0.5) is 4.39 Å². The van der Waals surface area contributed by atoms with Crippen LogP contribution in [0.1, 0.15) is 29.2 Å². The summed E-state index contributed by atoms with van der Waals surface area (Å²) in [5, 5.41) is 6.49. The Morgan fingerprint density at radius 2 is 2.28 bits per heavy atom. The lowest BCUT2D eigenvalue weighted by atomic mass is 10.1. The van der Waals surface area contributed by atoms with Crippen LogP contribution in [0.25, 0.3) is 0 Å². The first-order valence-electron chi connectivity index (χ1n) is 5.65. The molecule has 0 aliphatic carbocycles. The smallest absolute Gasteiger partial charge is 0.137 e. The number of hydrogen-bond donors (Lipinski definition) is 1. The van der Waals surface area contributed by atoms with Gasteiger partial charge < -0.3 is 5.32 Å². The van der Waals surface area contributed by atoms with Gasteiger partial charge in [0.2, 0.25) is 0 Å². The lowest BCUT2D eigenvalue weighted by Crippen LogP contribution is -2.18. The number of nitrogens with zero attached hydrogens (tertiary/aromatic N) is 1. The molecule has 96 valence electrons. The van der Waals surface area contributed by atoms with Gasteiger partial charge in [-0.2, -0.15) is 0 Å². The second-order valence-corrected chi connectivity index (χ2v) is 5.96. The van der Waals surface area contributed by atoms with Gasteiger partial charge in [-0.05, 0) is 47.5 Å². The fraction of sp³-hybridized carbons (Fsp3) is 0.308. The van der Waals surface area contributed by atoms with Gasteiger partial charge in [-0.25, -0.2) is 9.37 Å². The van der Waals surface area contributed by atoms with Gasteiger partial charge in [0.05, 0.1) is 4.47 Å². The van der Waals surface area contributed by atoms with Gasteiger partial charge in [0.15, 0.2) is 0 Å². The van der Waals surface area contributed by atoms with Crippen LogP contribution < -0.4 is 5.32 Å². The number of benzene rings is 1. The SMILES string of the molecule is Cc1csc(CNC(C)c2ccc(F)c(Br)c2)n1. The first-order chi connectivity index (χ1) is 8.56. The summed E-state index contributed by atoms with van der Waals surface area (Å²) in [6, 6.07) is 5.24. The van der Waals surface area contributed by atoms with Gasteiger partial charge in [-0.3, -0.25) is 0 Å². The van der Waals surface area contributed by atoms with E-state index in [-0.39, 0.29) is 11.9 Å². The standard InChI is InChI=1S/C13H14BrFN2S/c1-8-7-18-13(17-8)6-16-9(2)10-3-4-12(15)11(14)5-10/h3-5,7,9,16H,6H2,1-2H3. The molecule has 2 aromatic rings. The Balaban J connectivity index is 1.99. The summed E-state index contributed by atoms with van der Waals surface area (Å²) < 4.78 is 13.6. The van der Waals surface area contributed by atoms with E-state index in [9.17, 15) is 4.39 Å². The first kappa shape index (κ1) is 13.6. The lowest BCUT2D eigenvalue weighted by molar-refractivity contribution is 0.568. The van der Waals surface area contributed by atoms with Gasteiger partial charge in [0.25, 0.3) is 0 Å². The van der Waals surface area contributed by atoms with Crippen molar-refractivity contribution in [1.29, 1.82) is 0 Å². The van der Waals surface area contributed by atoms with E-state index in [2.05, 4.69) is 33.2 Å². The van der Waals surface area contributed by atoms with E-state index in [4.69, 9.17) is 0 Å². The molecule has 0 amide bonds. The van der Waals surface area contributed by atoms with Crippen LogP contribution in [-0.2, 0) is 6.54 Å². The van der Waals surface area contributed by atoms with E-state index < -0.39 is 0 Å². The van der Waals surface area contributed by atoms with E-state index in [0.717, 1.165) is 22.8 Å². The van der Waals surface area contributed by atoms with E-state index in [1.165, 1.54) is 6.07 Å². The molecule has 0 saturated heterocycles. The number of thiazole rings is 1. The fourth-order valence-corrected chi connectivity index (χ4v) is 2.74. The van der Waals surface area contributed by atoms with Crippen molar-refractivity contribution in [3.05, 3.63) is 50.1 Å². The minimum Gasteiger partial charge on any atom is -0.304 e. The Hall–Kier alpha value is -0.780. The van der Waals surface area contributed by atoms with Crippen molar-refractivity contribution in [1.82, 2.24) is 10.3 Å². The molecule has 1 unspecified atom stereocenters. The van der Waals surface area contributed by atoms with Gasteiger partial charge in [-0.1, -0.05) is 6.07 Å². The van der Waals surface area contributed by atoms with Crippen LogP contribution in [0.3, 0.4) is 0 Å². The lowest BCUT2D eigenvalue weighted by Gasteiger charge is -2.13. The molecule has 0 fully saturated rings. The molecule has 2 nitrogen and oxygen atoms in total. The van der Waals surface area contributed by atoms with Crippen LogP contribution in [0.2, 0.25) is 0 Å².